The highest BCUT2D eigenvalue weighted by atomic mass is 19.1. The third-order valence-corrected chi connectivity index (χ3v) is 4.53. The van der Waals surface area contributed by atoms with Crippen molar-refractivity contribution in [2.45, 2.75) is 13.0 Å². The highest BCUT2D eigenvalue weighted by Crippen LogP contribution is 2.19. The Kier molecular flexibility index (Phi) is 5.47. The van der Waals surface area contributed by atoms with Gasteiger partial charge in [0.15, 0.2) is 0 Å². The number of fused-ring (bicyclic) bond motifs is 1. The van der Waals surface area contributed by atoms with E-state index >= 15 is 0 Å². The molecule has 0 fully saturated rings. The highest BCUT2D eigenvalue weighted by molar-refractivity contribution is 5.99. The fourth-order valence-corrected chi connectivity index (χ4v) is 3.13. The molecule has 2 N–H and O–H groups in total. The van der Waals surface area contributed by atoms with Gasteiger partial charge in [-0.3, -0.25) is 4.79 Å². The summed E-state index contributed by atoms with van der Waals surface area (Å²) in [6, 6.07) is 17.4. The van der Waals surface area contributed by atoms with Crippen LogP contribution < -0.4 is 10.6 Å². The smallest absolute Gasteiger partial charge is 0.255 e. The van der Waals surface area contributed by atoms with Gasteiger partial charge in [0.1, 0.15) is 11.6 Å². The van der Waals surface area contributed by atoms with Crippen LogP contribution in [0, 0.1) is 5.82 Å². The van der Waals surface area contributed by atoms with E-state index in [9.17, 15) is 9.18 Å². The molecule has 146 valence electrons. The van der Waals surface area contributed by atoms with Crippen molar-refractivity contribution < 1.29 is 9.18 Å². The van der Waals surface area contributed by atoms with Gasteiger partial charge in [-0.05, 0) is 48.9 Å². The number of para-hydroxylation sites is 2. The predicted molar refractivity (Wildman–Crippen MR) is 111 cm³/mol. The van der Waals surface area contributed by atoms with Gasteiger partial charge in [-0.15, -0.1) is 0 Å². The quantitative estimate of drug-likeness (QED) is 0.466. The average Bonchev–Trinajstić information content (AvgIpc) is 3.15. The van der Waals surface area contributed by atoms with Crippen molar-refractivity contribution in [1.82, 2.24) is 19.9 Å². The Morgan fingerprint density at radius 3 is 2.83 bits per heavy atom. The number of rotatable bonds is 7. The van der Waals surface area contributed by atoms with Crippen LogP contribution in [0.4, 0.5) is 15.9 Å². The third-order valence-electron chi connectivity index (χ3n) is 4.53. The second-order valence-electron chi connectivity index (χ2n) is 6.57. The number of hydrogen-bond acceptors (Lipinski definition) is 4. The molecule has 2 aromatic heterocycles. The van der Waals surface area contributed by atoms with E-state index in [-0.39, 0.29) is 11.7 Å². The summed E-state index contributed by atoms with van der Waals surface area (Å²) < 4.78 is 15.5. The minimum Gasteiger partial charge on any atom is -0.352 e. The third kappa shape index (κ3) is 4.40. The molecule has 0 spiro atoms. The van der Waals surface area contributed by atoms with E-state index in [1.165, 1.54) is 12.1 Å². The van der Waals surface area contributed by atoms with Crippen LogP contribution in [0.3, 0.4) is 0 Å². The Bertz CT molecular complexity index is 1140. The number of imidazole rings is 1. The minimum atomic E-state index is -0.357. The second kappa shape index (κ2) is 8.52. The number of nitrogens with zero attached hydrogens (tertiary/aromatic N) is 3. The molecule has 29 heavy (non-hydrogen) atoms. The number of halogens is 1. The summed E-state index contributed by atoms with van der Waals surface area (Å²) in [6.45, 7) is 1.27. The van der Waals surface area contributed by atoms with Gasteiger partial charge >= 0.3 is 0 Å². The maximum Gasteiger partial charge on any atom is 0.255 e. The van der Waals surface area contributed by atoms with Gasteiger partial charge in [0.2, 0.25) is 0 Å². The first-order valence-electron chi connectivity index (χ1n) is 9.36. The number of benzene rings is 2. The van der Waals surface area contributed by atoms with Crippen LogP contribution in [0.2, 0.25) is 0 Å². The maximum atomic E-state index is 13.4. The van der Waals surface area contributed by atoms with Crippen LogP contribution in [-0.4, -0.2) is 27.0 Å². The number of amides is 1. The van der Waals surface area contributed by atoms with E-state index in [0.717, 1.165) is 24.0 Å². The summed E-state index contributed by atoms with van der Waals surface area (Å²) in [5, 5.41) is 5.92. The molecule has 2 heterocycles. The lowest BCUT2D eigenvalue weighted by molar-refractivity contribution is 0.0953. The highest BCUT2D eigenvalue weighted by Gasteiger charge is 2.12. The zero-order valence-corrected chi connectivity index (χ0v) is 15.7. The largest absolute Gasteiger partial charge is 0.352 e. The Morgan fingerprint density at radius 2 is 1.93 bits per heavy atom. The van der Waals surface area contributed by atoms with Crippen LogP contribution in [-0.2, 0) is 6.54 Å². The van der Waals surface area contributed by atoms with Gasteiger partial charge in [0, 0.05) is 25.0 Å². The Balaban J connectivity index is 1.36. The number of carbonyl (C=O) groups excluding carboxylic acids is 1. The first-order valence-corrected chi connectivity index (χ1v) is 9.36. The standard InChI is InChI=1S/C22H20FN5O/c23-16-6-3-7-17(14-16)27-21-18(8-4-11-24-21)22(29)25-12-5-13-28-15-26-19-9-1-2-10-20(19)28/h1-4,6-11,14-15H,5,12-13H2,(H,24,27)(H,25,29). The van der Waals surface area contributed by atoms with Crippen LogP contribution in [0.15, 0.2) is 73.2 Å². The number of hydrogen-bond donors (Lipinski definition) is 2. The predicted octanol–water partition coefficient (Wildman–Crippen LogP) is 4.13. The lowest BCUT2D eigenvalue weighted by Crippen LogP contribution is -2.26. The van der Waals surface area contributed by atoms with Crippen molar-refractivity contribution >= 4 is 28.4 Å². The first-order chi connectivity index (χ1) is 14.2. The molecular weight excluding hydrogens is 369 g/mol. The molecule has 0 aliphatic heterocycles. The summed E-state index contributed by atoms with van der Waals surface area (Å²) in [5.41, 5.74) is 2.97. The molecule has 7 heteroatoms. The molecule has 0 saturated heterocycles. The molecule has 2 aromatic carbocycles. The van der Waals surface area contributed by atoms with Crippen LogP contribution in [0.5, 0.6) is 0 Å². The van der Waals surface area contributed by atoms with E-state index < -0.39 is 0 Å². The fraction of sp³-hybridized carbons (Fsp3) is 0.136. The summed E-state index contributed by atoms with van der Waals surface area (Å²) >= 11 is 0. The fourth-order valence-electron chi connectivity index (χ4n) is 3.13. The maximum absolute atomic E-state index is 13.4. The zero-order chi connectivity index (χ0) is 20.1. The molecule has 0 unspecified atom stereocenters. The number of carbonyl (C=O) groups is 1. The molecule has 0 saturated carbocycles. The molecule has 1 amide bonds. The molecule has 0 atom stereocenters. The van der Waals surface area contributed by atoms with Gasteiger partial charge in [-0.1, -0.05) is 18.2 Å². The van der Waals surface area contributed by atoms with E-state index in [0.29, 0.717) is 23.6 Å². The van der Waals surface area contributed by atoms with Crippen molar-refractivity contribution in [2.75, 3.05) is 11.9 Å². The van der Waals surface area contributed by atoms with Crippen LogP contribution in [0.25, 0.3) is 11.0 Å². The molecule has 4 aromatic rings. The number of anilines is 2. The summed E-state index contributed by atoms with van der Waals surface area (Å²) in [6.07, 6.45) is 4.16. The van der Waals surface area contributed by atoms with Gasteiger partial charge in [0.05, 0.1) is 22.9 Å². The van der Waals surface area contributed by atoms with Crippen molar-refractivity contribution in [3.63, 3.8) is 0 Å². The number of aromatic nitrogens is 3. The monoisotopic (exact) mass is 389 g/mol. The van der Waals surface area contributed by atoms with Crippen LogP contribution in [0.1, 0.15) is 16.8 Å². The summed E-state index contributed by atoms with van der Waals surface area (Å²) in [4.78, 5) is 21.2. The summed E-state index contributed by atoms with van der Waals surface area (Å²) in [5.74, 6) is -0.201. The number of pyridine rings is 1. The van der Waals surface area contributed by atoms with E-state index in [1.807, 2.05) is 30.6 Å². The Labute approximate surface area is 167 Å². The topological polar surface area (TPSA) is 71.8 Å². The molecule has 6 nitrogen and oxygen atoms in total. The lowest BCUT2D eigenvalue weighted by atomic mass is 10.2. The Hall–Kier alpha value is -3.74. The average molecular weight is 389 g/mol. The minimum absolute atomic E-state index is 0.229. The first kappa shape index (κ1) is 18.6. The number of nitrogens with one attached hydrogen (secondary N) is 2. The van der Waals surface area contributed by atoms with Gasteiger partial charge in [0.25, 0.3) is 5.91 Å². The Morgan fingerprint density at radius 1 is 1.03 bits per heavy atom. The van der Waals surface area contributed by atoms with Crippen molar-refractivity contribution in [1.29, 1.82) is 0 Å². The molecule has 0 aliphatic rings. The molecular formula is C22H20FN5O. The summed E-state index contributed by atoms with van der Waals surface area (Å²) in [7, 11) is 0. The number of aryl methyl sites for hydroxylation is 1. The lowest BCUT2D eigenvalue weighted by Gasteiger charge is -2.11. The van der Waals surface area contributed by atoms with Gasteiger partial charge < -0.3 is 15.2 Å². The van der Waals surface area contributed by atoms with E-state index in [4.69, 9.17) is 0 Å². The van der Waals surface area contributed by atoms with Crippen molar-refractivity contribution in [3.8, 4) is 0 Å². The molecule has 0 bridgehead atoms. The van der Waals surface area contributed by atoms with Gasteiger partial charge in [-0.25, -0.2) is 14.4 Å². The SMILES string of the molecule is O=C(NCCCn1cnc2ccccc21)c1cccnc1Nc1cccc(F)c1. The van der Waals surface area contributed by atoms with Crippen LogP contribution >= 0.6 is 0 Å². The van der Waals surface area contributed by atoms with Gasteiger partial charge in [-0.2, -0.15) is 0 Å². The van der Waals surface area contributed by atoms with Crippen molar-refractivity contribution in [2.24, 2.45) is 0 Å². The van der Waals surface area contributed by atoms with E-state index in [1.54, 1.807) is 30.5 Å². The molecule has 0 radical (unpaired) electrons. The van der Waals surface area contributed by atoms with E-state index in [2.05, 4.69) is 25.2 Å². The zero-order valence-electron chi connectivity index (χ0n) is 15.7. The molecule has 4 rings (SSSR count). The molecule has 0 aliphatic carbocycles. The normalized spacial score (nSPS) is 10.8. The second-order valence-corrected chi connectivity index (χ2v) is 6.57. The van der Waals surface area contributed by atoms with Crippen molar-refractivity contribution in [3.05, 3.63) is 84.6 Å².